The predicted octanol–water partition coefficient (Wildman–Crippen LogP) is 1.76. The summed E-state index contributed by atoms with van der Waals surface area (Å²) >= 11 is 0. The number of fused-ring (bicyclic) bond motifs is 1. The van der Waals surface area contributed by atoms with Crippen LogP contribution in [0.1, 0.15) is 6.42 Å². The molecular weight excluding hydrogens is 226 g/mol. The van der Waals surface area contributed by atoms with Gasteiger partial charge in [-0.25, -0.2) is 4.79 Å². The molecule has 2 amide bonds. The van der Waals surface area contributed by atoms with Crippen LogP contribution in [-0.4, -0.2) is 37.1 Å². The number of urea groups is 1. The molecule has 4 nitrogen and oxygen atoms in total. The molecule has 0 bridgehead atoms. The maximum atomic E-state index is 12.2. The zero-order chi connectivity index (χ0) is 12.4. The second-order valence-electron chi connectivity index (χ2n) is 5.21. The zero-order valence-electron chi connectivity index (χ0n) is 10.4. The van der Waals surface area contributed by atoms with Crippen molar-refractivity contribution in [2.75, 3.05) is 31.5 Å². The van der Waals surface area contributed by atoms with Gasteiger partial charge in [-0.3, -0.25) is 0 Å². The topological polar surface area (TPSA) is 44.4 Å². The van der Waals surface area contributed by atoms with Crippen LogP contribution in [0.15, 0.2) is 30.3 Å². The fraction of sp³-hybridized carbons (Fsp3) is 0.500. The van der Waals surface area contributed by atoms with E-state index in [1.165, 1.54) is 0 Å². The third-order valence-electron chi connectivity index (χ3n) is 4.02. The molecule has 0 aromatic heterocycles. The highest BCUT2D eigenvalue weighted by Crippen LogP contribution is 2.26. The normalized spacial score (nSPS) is 26.8. The number of para-hydroxylation sites is 1. The van der Waals surface area contributed by atoms with Crippen LogP contribution in [0.25, 0.3) is 0 Å². The van der Waals surface area contributed by atoms with Gasteiger partial charge in [0.15, 0.2) is 0 Å². The Morgan fingerprint density at radius 2 is 2.00 bits per heavy atom. The van der Waals surface area contributed by atoms with Gasteiger partial charge in [0.05, 0.1) is 0 Å². The van der Waals surface area contributed by atoms with Gasteiger partial charge in [-0.1, -0.05) is 18.2 Å². The minimum Gasteiger partial charge on any atom is -0.324 e. The van der Waals surface area contributed by atoms with Gasteiger partial charge in [0.2, 0.25) is 0 Å². The molecule has 0 aliphatic carbocycles. The molecular formula is C14H19N3O. The molecule has 1 aromatic carbocycles. The molecule has 0 saturated carbocycles. The van der Waals surface area contributed by atoms with Crippen molar-refractivity contribution in [3.8, 4) is 0 Å². The molecule has 18 heavy (non-hydrogen) atoms. The quantitative estimate of drug-likeness (QED) is 0.792. The van der Waals surface area contributed by atoms with Crippen molar-refractivity contribution in [2.45, 2.75) is 6.42 Å². The summed E-state index contributed by atoms with van der Waals surface area (Å²) in [5.74, 6) is 1.41. The molecule has 1 aromatic rings. The molecule has 96 valence electrons. The van der Waals surface area contributed by atoms with E-state index in [0.717, 1.165) is 44.2 Å². The van der Waals surface area contributed by atoms with E-state index in [4.69, 9.17) is 0 Å². The number of carbonyl (C=O) groups excluding carboxylic acids is 1. The molecule has 2 heterocycles. The maximum Gasteiger partial charge on any atom is 0.321 e. The Balaban J connectivity index is 1.60. The van der Waals surface area contributed by atoms with E-state index in [2.05, 4.69) is 10.6 Å². The average molecular weight is 245 g/mol. The van der Waals surface area contributed by atoms with Crippen molar-refractivity contribution in [2.24, 2.45) is 11.8 Å². The van der Waals surface area contributed by atoms with Crippen LogP contribution in [0.5, 0.6) is 0 Å². The first-order valence-corrected chi connectivity index (χ1v) is 6.64. The summed E-state index contributed by atoms with van der Waals surface area (Å²) in [4.78, 5) is 14.1. The zero-order valence-corrected chi connectivity index (χ0v) is 10.4. The van der Waals surface area contributed by atoms with Crippen LogP contribution in [0, 0.1) is 11.8 Å². The van der Waals surface area contributed by atoms with E-state index in [1.807, 2.05) is 35.2 Å². The average Bonchev–Trinajstić information content (AvgIpc) is 2.87. The molecule has 2 N–H and O–H groups in total. The van der Waals surface area contributed by atoms with Crippen LogP contribution in [-0.2, 0) is 0 Å². The van der Waals surface area contributed by atoms with Crippen molar-refractivity contribution in [1.29, 1.82) is 0 Å². The van der Waals surface area contributed by atoms with Crippen LogP contribution in [0.3, 0.4) is 0 Å². The molecule has 4 heteroatoms. The third kappa shape index (κ3) is 2.34. The number of amides is 2. The lowest BCUT2D eigenvalue weighted by molar-refractivity contribution is 0.161. The maximum absolute atomic E-state index is 12.2. The molecule has 0 spiro atoms. The summed E-state index contributed by atoms with van der Waals surface area (Å²) in [5, 5.41) is 6.37. The Kier molecular flexibility index (Phi) is 3.19. The molecule has 2 atom stereocenters. The van der Waals surface area contributed by atoms with Gasteiger partial charge in [0.1, 0.15) is 0 Å². The van der Waals surface area contributed by atoms with Gasteiger partial charge in [-0.05, 0) is 43.5 Å². The Hall–Kier alpha value is -1.55. The Morgan fingerprint density at radius 3 is 2.83 bits per heavy atom. The Labute approximate surface area is 107 Å². The fourth-order valence-corrected chi connectivity index (χ4v) is 2.94. The lowest BCUT2D eigenvalue weighted by Gasteiger charge is -2.34. The van der Waals surface area contributed by atoms with E-state index in [0.29, 0.717) is 5.92 Å². The third-order valence-corrected chi connectivity index (χ3v) is 4.02. The lowest BCUT2D eigenvalue weighted by Crippen LogP contribution is -2.45. The molecule has 0 unspecified atom stereocenters. The molecule has 2 fully saturated rings. The predicted molar refractivity (Wildman–Crippen MR) is 71.5 cm³/mol. The van der Waals surface area contributed by atoms with Gasteiger partial charge in [-0.2, -0.15) is 0 Å². The van der Waals surface area contributed by atoms with Crippen LogP contribution >= 0.6 is 0 Å². The standard InChI is InChI=1S/C14H19N3O/c18-14(16-13-4-2-1-3-5-13)17-7-6-11-8-15-9-12(11)10-17/h1-5,11-12,15H,6-10H2,(H,16,18)/t11-,12-/m1/s1. The van der Waals surface area contributed by atoms with Crippen LogP contribution in [0.2, 0.25) is 0 Å². The molecule has 0 radical (unpaired) electrons. The summed E-state index contributed by atoms with van der Waals surface area (Å²) in [6.45, 7) is 3.94. The number of carbonyl (C=O) groups is 1. The largest absolute Gasteiger partial charge is 0.324 e. The van der Waals surface area contributed by atoms with Crippen molar-refractivity contribution in [1.82, 2.24) is 10.2 Å². The minimum absolute atomic E-state index is 0.0338. The van der Waals surface area contributed by atoms with Gasteiger partial charge >= 0.3 is 6.03 Å². The van der Waals surface area contributed by atoms with E-state index in [9.17, 15) is 4.79 Å². The fourth-order valence-electron chi connectivity index (χ4n) is 2.94. The number of likely N-dealkylation sites (tertiary alicyclic amines) is 1. The highest BCUT2D eigenvalue weighted by Gasteiger charge is 2.34. The second-order valence-corrected chi connectivity index (χ2v) is 5.21. The van der Waals surface area contributed by atoms with Gasteiger partial charge in [0.25, 0.3) is 0 Å². The number of rotatable bonds is 1. The first-order chi connectivity index (χ1) is 8.83. The molecule has 2 aliphatic heterocycles. The number of anilines is 1. The number of nitrogens with one attached hydrogen (secondary N) is 2. The highest BCUT2D eigenvalue weighted by atomic mass is 16.2. The number of piperidine rings is 1. The second kappa shape index (κ2) is 4.98. The minimum atomic E-state index is 0.0338. The summed E-state index contributed by atoms with van der Waals surface area (Å²) < 4.78 is 0. The Morgan fingerprint density at radius 1 is 1.22 bits per heavy atom. The summed E-state index contributed by atoms with van der Waals surface area (Å²) in [7, 11) is 0. The van der Waals surface area contributed by atoms with E-state index in [1.54, 1.807) is 0 Å². The Bertz CT molecular complexity index is 420. The molecule has 2 aliphatic rings. The number of benzene rings is 1. The first-order valence-electron chi connectivity index (χ1n) is 6.64. The summed E-state index contributed by atoms with van der Waals surface area (Å²) in [6.07, 6.45) is 1.12. The summed E-state index contributed by atoms with van der Waals surface area (Å²) in [5.41, 5.74) is 0.870. The van der Waals surface area contributed by atoms with E-state index in [-0.39, 0.29) is 6.03 Å². The number of hydrogen-bond donors (Lipinski definition) is 2. The van der Waals surface area contributed by atoms with E-state index >= 15 is 0 Å². The van der Waals surface area contributed by atoms with Crippen molar-refractivity contribution < 1.29 is 4.79 Å². The lowest BCUT2D eigenvalue weighted by atomic mass is 9.89. The highest BCUT2D eigenvalue weighted by molar-refractivity contribution is 5.89. The van der Waals surface area contributed by atoms with Crippen molar-refractivity contribution in [3.05, 3.63) is 30.3 Å². The number of nitrogens with zero attached hydrogens (tertiary/aromatic N) is 1. The van der Waals surface area contributed by atoms with Crippen molar-refractivity contribution >= 4 is 11.7 Å². The first kappa shape index (κ1) is 11.5. The molecule has 2 saturated heterocycles. The van der Waals surface area contributed by atoms with Gasteiger partial charge in [0, 0.05) is 18.8 Å². The van der Waals surface area contributed by atoms with Gasteiger partial charge < -0.3 is 15.5 Å². The smallest absolute Gasteiger partial charge is 0.321 e. The van der Waals surface area contributed by atoms with Crippen LogP contribution < -0.4 is 10.6 Å². The monoisotopic (exact) mass is 245 g/mol. The molecule has 3 rings (SSSR count). The summed E-state index contributed by atoms with van der Waals surface area (Å²) in [6, 6.07) is 9.69. The van der Waals surface area contributed by atoms with Crippen molar-refractivity contribution in [3.63, 3.8) is 0 Å². The van der Waals surface area contributed by atoms with Gasteiger partial charge in [-0.15, -0.1) is 0 Å². The van der Waals surface area contributed by atoms with E-state index < -0.39 is 0 Å². The number of hydrogen-bond acceptors (Lipinski definition) is 2. The van der Waals surface area contributed by atoms with Crippen LogP contribution in [0.4, 0.5) is 10.5 Å². The SMILES string of the molecule is O=C(Nc1ccccc1)N1CC[C@@H]2CNC[C@@H]2C1.